The van der Waals surface area contributed by atoms with Gasteiger partial charge >= 0.3 is 0 Å². The van der Waals surface area contributed by atoms with Gasteiger partial charge in [-0.3, -0.25) is 4.79 Å². The van der Waals surface area contributed by atoms with Gasteiger partial charge in [0, 0.05) is 6.20 Å². The van der Waals surface area contributed by atoms with Crippen molar-refractivity contribution < 1.29 is 4.79 Å². The van der Waals surface area contributed by atoms with Crippen LogP contribution in [0.15, 0.2) is 6.20 Å². The number of H-pyrrole nitrogens is 1. The van der Waals surface area contributed by atoms with Gasteiger partial charge in [-0.2, -0.15) is 0 Å². The van der Waals surface area contributed by atoms with Crippen molar-refractivity contribution in [3.05, 3.63) is 23.2 Å². The number of amides is 1. The number of nitrogens with zero attached hydrogens (tertiary/aromatic N) is 2. The summed E-state index contributed by atoms with van der Waals surface area (Å²) in [6.07, 6.45) is 3.76. The average molecular weight is 196 g/mol. The van der Waals surface area contributed by atoms with Crippen LogP contribution in [0.2, 0.25) is 5.15 Å². The summed E-state index contributed by atoms with van der Waals surface area (Å²) in [6, 6.07) is 0. The van der Waals surface area contributed by atoms with Crippen LogP contribution in [0.25, 0.3) is 11.0 Å². The molecule has 0 saturated heterocycles. The Morgan fingerprint density at radius 2 is 2.46 bits per heavy atom. The van der Waals surface area contributed by atoms with E-state index in [0.29, 0.717) is 11.0 Å². The van der Waals surface area contributed by atoms with E-state index in [4.69, 9.17) is 17.3 Å². The van der Waals surface area contributed by atoms with Crippen molar-refractivity contribution in [1.82, 2.24) is 15.0 Å². The number of primary amides is 1. The number of nitrogens with one attached hydrogen (secondary N) is 1. The number of rotatable bonds is 1. The molecule has 0 atom stereocenters. The van der Waals surface area contributed by atoms with Crippen molar-refractivity contribution in [2.45, 2.75) is 0 Å². The van der Waals surface area contributed by atoms with Gasteiger partial charge < -0.3 is 10.7 Å². The number of aromatic nitrogens is 3. The predicted molar refractivity (Wildman–Crippen MR) is 46.3 cm³/mol. The molecule has 0 spiro atoms. The average Bonchev–Trinajstić information content (AvgIpc) is 2.53. The number of hydrogen-bond donors (Lipinski definition) is 2. The molecular weight excluding hydrogens is 192 g/mol. The van der Waals surface area contributed by atoms with E-state index in [1.807, 2.05) is 0 Å². The molecule has 6 heteroatoms. The molecule has 1 amide bonds. The highest BCUT2D eigenvalue weighted by Gasteiger charge is 2.12. The summed E-state index contributed by atoms with van der Waals surface area (Å²) in [5.41, 5.74) is 6.20. The van der Waals surface area contributed by atoms with Gasteiger partial charge in [-0.1, -0.05) is 11.6 Å². The molecule has 0 aliphatic carbocycles. The highest BCUT2D eigenvalue weighted by molar-refractivity contribution is 6.34. The van der Waals surface area contributed by atoms with E-state index in [-0.39, 0.29) is 10.7 Å². The zero-order valence-electron chi connectivity index (χ0n) is 6.34. The van der Waals surface area contributed by atoms with Gasteiger partial charge in [0.05, 0.1) is 5.56 Å². The van der Waals surface area contributed by atoms with E-state index in [0.717, 1.165) is 0 Å². The molecule has 65 valence electrons. The second kappa shape index (κ2) is 2.70. The molecule has 5 nitrogen and oxygen atoms in total. The summed E-state index contributed by atoms with van der Waals surface area (Å²) in [5.74, 6) is -0.588. The maximum atomic E-state index is 10.9. The lowest BCUT2D eigenvalue weighted by atomic mass is 10.2. The number of nitrogens with two attached hydrogens (primary N) is 1. The largest absolute Gasteiger partial charge is 0.365 e. The van der Waals surface area contributed by atoms with E-state index < -0.39 is 5.91 Å². The van der Waals surface area contributed by atoms with E-state index >= 15 is 0 Å². The molecule has 0 bridgehead atoms. The molecule has 2 rings (SSSR count). The molecule has 0 fully saturated rings. The Balaban J connectivity index is 2.86. The first kappa shape index (κ1) is 8.00. The molecule has 0 unspecified atom stereocenters. The third-order valence-corrected chi connectivity index (χ3v) is 1.91. The minimum absolute atomic E-state index is 0.233. The summed E-state index contributed by atoms with van der Waals surface area (Å²) in [7, 11) is 0. The Hall–Kier alpha value is -1.62. The summed E-state index contributed by atoms with van der Waals surface area (Å²) in [5, 5.41) is 0.244. The van der Waals surface area contributed by atoms with Crippen LogP contribution >= 0.6 is 11.6 Å². The van der Waals surface area contributed by atoms with Gasteiger partial charge in [-0.05, 0) is 0 Å². The van der Waals surface area contributed by atoms with Crippen LogP contribution < -0.4 is 5.73 Å². The molecule has 0 saturated carbocycles. The summed E-state index contributed by atoms with van der Waals surface area (Å²) in [4.78, 5) is 21.1. The second-order valence-electron chi connectivity index (χ2n) is 2.40. The third-order valence-electron chi connectivity index (χ3n) is 1.62. The Bertz CT molecular complexity index is 478. The number of aromatic amines is 1. The van der Waals surface area contributed by atoms with E-state index in [2.05, 4.69) is 21.3 Å². The van der Waals surface area contributed by atoms with E-state index in [1.54, 1.807) is 0 Å². The standard InChI is InChI=1S/C7H4ClN4O/c8-6-5-4(11-2-12-5)3(1-10-6)7(9)13/h1H,(H2,9,13)(H,11,12). The van der Waals surface area contributed by atoms with Crippen LogP contribution in [0, 0.1) is 6.33 Å². The maximum Gasteiger partial charge on any atom is 0.252 e. The molecule has 0 aliphatic rings. The lowest BCUT2D eigenvalue weighted by Crippen LogP contribution is -2.12. The predicted octanol–water partition coefficient (Wildman–Crippen LogP) is 0.510. The fourth-order valence-electron chi connectivity index (χ4n) is 1.03. The summed E-state index contributed by atoms with van der Waals surface area (Å²) >= 11 is 5.72. The molecule has 1 radical (unpaired) electrons. The van der Waals surface area contributed by atoms with Gasteiger partial charge in [-0.15, -0.1) is 0 Å². The number of carbonyl (C=O) groups is 1. The SMILES string of the molecule is NC(=O)c1cnc(Cl)c2[nH][c]nc12. The van der Waals surface area contributed by atoms with E-state index in [9.17, 15) is 4.79 Å². The van der Waals surface area contributed by atoms with Crippen LogP contribution in [0.1, 0.15) is 10.4 Å². The van der Waals surface area contributed by atoms with Crippen molar-refractivity contribution in [3.8, 4) is 0 Å². The fourth-order valence-corrected chi connectivity index (χ4v) is 1.21. The highest BCUT2D eigenvalue weighted by Crippen LogP contribution is 2.19. The smallest absolute Gasteiger partial charge is 0.252 e. The van der Waals surface area contributed by atoms with Crippen LogP contribution in [0.5, 0.6) is 0 Å². The zero-order valence-corrected chi connectivity index (χ0v) is 7.09. The molecular formula is C7H4ClN4O. The van der Waals surface area contributed by atoms with Crippen molar-refractivity contribution >= 4 is 28.5 Å². The van der Waals surface area contributed by atoms with Crippen LogP contribution in [-0.2, 0) is 0 Å². The number of halogens is 1. The van der Waals surface area contributed by atoms with Gasteiger partial charge in [-0.25, -0.2) is 9.97 Å². The van der Waals surface area contributed by atoms with Crippen LogP contribution in [0.4, 0.5) is 0 Å². The summed E-state index contributed by atoms with van der Waals surface area (Å²) in [6.45, 7) is 0. The van der Waals surface area contributed by atoms with Crippen LogP contribution in [-0.4, -0.2) is 20.9 Å². The Kier molecular flexibility index (Phi) is 1.66. The summed E-state index contributed by atoms with van der Waals surface area (Å²) < 4.78 is 0. The first-order chi connectivity index (χ1) is 6.20. The molecule has 0 aromatic carbocycles. The Morgan fingerprint density at radius 1 is 1.69 bits per heavy atom. The molecule has 2 aromatic rings. The van der Waals surface area contributed by atoms with Gasteiger partial charge in [0.1, 0.15) is 11.0 Å². The maximum absolute atomic E-state index is 10.9. The molecule has 2 heterocycles. The van der Waals surface area contributed by atoms with Crippen LogP contribution in [0.3, 0.4) is 0 Å². The zero-order chi connectivity index (χ0) is 9.42. The monoisotopic (exact) mass is 195 g/mol. The van der Waals surface area contributed by atoms with Crippen molar-refractivity contribution in [1.29, 1.82) is 0 Å². The number of pyridine rings is 1. The molecule has 3 N–H and O–H groups in total. The Labute approximate surface area is 77.9 Å². The van der Waals surface area contributed by atoms with Crippen molar-refractivity contribution in [2.24, 2.45) is 5.73 Å². The molecule has 0 aliphatic heterocycles. The topological polar surface area (TPSA) is 84.7 Å². The number of fused-ring (bicyclic) bond motifs is 1. The number of carbonyl (C=O) groups excluding carboxylic acids is 1. The lowest BCUT2D eigenvalue weighted by molar-refractivity contribution is 0.100. The molecule has 13 heavy (non-hydrogen) atoms. The van der Waals surface area contributed by atoms with E-state index in [1.165, 1.54) is 6.20 Å². The highest BCUT2D eigenvalue weighted by atomic mass is 35.5. The fraction of sp³-hybridized carbons (Fsp3) is 0. The normalized spacial score (nSPS) is 10.5. The van der Waals surface area contributed by atoms with Crippen molar-refractivity contribution in [3.63, 3.8) is 0 Å². The number of hydrogen-bond acceptors (Lipinski definition) is 3. The minimum Gasteiger partial charge on any atom is -0.365 e. The first-order valence-electron chi connectivity index (χ1n) is 3.40. The van der Waals surface area contributed by atoms with Gasteiger partial charge in [0.15, 0.2) is 11.5 Å². The minimum atomic E-state index is -0.588. The first-order valence-corrected chi connectivity index (χ1v) is 3.78. The Morgan fingerprint density at radius 3 is 3.15 bits per heavy atom. The number of imidazole rings is 1. The third kappa shape index (κ3) is 1.13. The second-order valence-corrected chi connectivity index (χ2v) is 2.76. The van der Waals surface area contributed by atoms with Gasteiger partial charge in [0.25, 0.3) is 5.91 Å². The van der Waals surface area contributed by atoms with Crippen molar-refractivity contribution in [2.75, 3.05) is 0 Å². The quantitative estimate of drug-likeness (QED) is 0.651. The lowest BCUT2D eigenvalue weighted by Gasteiger charge is -1.96. The van der Waals surface area contributed by atoms with Gasteiger partial charge in [0.2, 0.25) is 0 Å². The molecule has 2 aromatic heterocycles.